The van der Waals surface area contributed by atoms with E-state index in [0.29, 0.717) is 17.5 Å². The second-order valence-electron chi connectivity index (χ2n) is 11.3. The number of hydrogen-bond donors (Lipinski definition) is 1. The molecule has 223 valence electrons. The van der Waals surface area contributed by atoms with Crippen molar-refractivity contribution < 1.29 is 34.4 Å². The number of ketones is 1. The monoisotopic (exact) mass is 768 g/mol. The van der Waals surface area contributed by atoms with Gasteiger partial charge in [0.05, 0.1) is 11.3 Å². The Kier molecular flexibility index (Phi) is 10.0. The van der Waals surface area contributed by atoms with E-state index in [9.17, 15) is 4.79 Å². The van der Waals surface area contributed by atoms with Gasteiger partial charge in [-0.3, -0.25) is 9.78 Å². The predicted molar refractivity (Wildman–Crippen MR) is 174 cm³/mol. The van der Waals surface area contributed by atoms with Crippen molar-refractivity contribution in [2.45, 2.75) is 60.3 Å². The van der Waals surface area contributed by atoms with Gasteiger partial charge in [-0.05, 0) is 73.2 Å². The second-order valence-corrected chi connectivity index (χ2v) is 12.3. The minimum atomic E-state index is -0.125. The van der Waals surface area contributed by atoms with E-state index < -0.39 is 0 Å². The number of allylic oxidation sites excluding steroid dienone is 2. The van der Waals surface area contributed by atoms with Crippen LogP contribution in [0.5, 0.6) is 0 Å². The number of nitrogens with zero attached hydrogens (tertiary/aromatic N) is 2. The fourth-order valence-electron chi connectivity index (χ4n) is 4.88. The van der Waals surface area contributed by atoms with Crippen LogP contribution in [0.2, 0.25) is 0 Å². The molecule has 0 saturated heterocycles. The van der Waals surface area contributed by atoms with Crippen molar-refractivity contribution >= 4 is 49.4 Å². The molecule has 0 atom stereocenters. The van der Waals surface area contributed by atoms with Crippen LogP contribution >= 0.6 is 11.3 Å². The van der Waals surface area contributed by atoms with Crippen LogP contribution in [0, 0.1) is 13.0 Å². The standard InChI is InChI=1S/C31H27N2OS.C5H8O2.Ir/c1-17(2)21-13-22(18(3)4)15-23(14-21)28-16-20-10-12-27(33-31(20)35-28)26-8-6-7-24-25-11-9-19(5)32-30(25)34-29(24)26;1-4(6)3-5(2)7;/h6-7,9-18H,1-5H3;3,6H,1-2H3;/q-1;;/b;4-3-;. The maximum absolute atomic E-state index is 10.0. The van der Waals surface area contributed by atoms with Crippen LogP contribution in [0.3, 0.4) is 0 Å². The number of thiophene rings is 1. The molecule has 0 aliphatic rings. The van der Waals surface area contributed by atoms with Gasteiger partial charge in [0, 0.05) is 47.5 Å². The van der Waals surface area contributed by atoms with Gasteiger partial charge in [0.25, 0.3) is 0 Å². The van der Waals surface area contributed by atoms with Crippen LogP contribution in [0.15, 0.2) is 76.9 Å². The number of fused-ring (bicyclic) bond motifs is 4. The molecule has 7 heteroatoms. The maximum atomic E-state index is 10.0. The Balaban J connectivity index is 0.000000475. The van der Waals surface area contributed by atoms with Crippen LogP contribution < -0.4 is 0 Å². The maximum Gasteiger partial charge on any atom is 0.216 e. The number of aromatic nitrogens is 2. The molecule has 0 spiro atoms. The molecule has 6 aromatic rings. The molecule has 0 amide bonds. The van der Waals surface area contributed by atoms with Crippen LogP contribution in [0.4, 0.5) is 0 Å². The Morgan fingerprint density at radius 1 is 0.930 bits per heavy atom. The van der Waals surface area contributed by atoms with Gasteiger partial charge in [-0.2, -0.15) is 0 Å². The van der Waals surface area contributed by atoms with Crippen molar-refractivity contribution in [1.82, 2.24) is 9.97 Å². The van der Waals surface area contributed by atoms with Gasteiger partial charge >= 0.3 is 0 Å². The van der Waals surface area contributed by atoms with E-state index in [0.717, 1.165) is 43.5 Å². The largest absolute Gasteiger partial charge is 0.512 e. The summed E-state index contributed by atoms with van der Waals surface area (Å²) in [6.07, 6.45) is 1.17. The van der Waals surface area contributed by atoms with Crippen molar-refractivity contribution in [1.29, 1.82) is 0 Å². The van der Waals surface area contributed by atoms with E-state index in [1.54, 1.807) is 11.3 Å². The van der Waals surface area contributed by atoms with Crippen molar-refractivity contribution in [2.75, 3.05) is 0 Å². The van der Waals surface area contributed by atoms with Crippen molar-refractivity contribution in [3.8, 4) is 21.7 Å². The number of furan rings is 1. The molecular weight excluding hydrogens is 733 g/mol. The summed E-state index contributed by atoms with van der Waals surface area (Å²) in [7, 11) is 0. The smallest absolute Gasteiger partial charge is 0.216 e. The molecule has 4 aromatic heterocycles. The molecule has 0 aliphatic carbocycles. The molecule has 4 heterocycles. The summed E-state index contributed by atoms with van der Waals surface area (Å²) in [5, 5.41) is 11.6. The van der Waals surface area contributed by atoms with Gasteiger partial charge in [-0.15, -0.1) is 29.5 Å². The number of aliphatic hydroxyl groups is 1. The first kappa shape index (κ1) is 32.3. The zero-order valence-electron chi connectivity index (χ0n) is 25.4. The van der Waals surface area contributed by atoms with E-state index in [2.05, 4.69) is 81.2 Å². The fraction of sp³-hybridized carbons (Fsp3) is 0.250. The van der Waals surface area contributed by atoms with Crippen molar-refractivity contribution in [2.24, 2.45) is 0 Å². The number of carbonyl (C=O) groups is 1. The summed E-state index contributed by atoms with van der Waals surface area (Å²) >= 11 is 1.74. The number of pyridine rings is 2. The number of rotatable bonds is 5. The third-order valence-electron chi connectivity index (χ3n) is 7.08. The molecule has 0 fully saturated rings. The summed E-state index contributed by atoms with van der Waals surface area (Å²) in [4.78, 5) is 21.9. The van der Waals surface area contributed by atoms with Gasteiger partial charge in [0.15, 0.2) is 5.78 Å². The Hall–Kier alpha value is -3.64. The first-order valence-corrected chi connectivity index (χ1v) is 15.0. The Morgan fingerprint density at radius 2 is 1.63 bits per heavy atom. The van der Waals surface area contributed by atoms with E-state index in [-0.39, 0.29) is 31.6 Å². The average molecular weight is 768 g/mol. The predicted octanol–water partition coefficient (Wildman–Crippen LogP) is 10.3. The number of benzene rings is 2. The topological polar surface area (TPSA) is 76.2 Å². The zero-order chi connectivity index (χ0) is 30.1. The average Bonchev–Trinajstić information content (AvgIpc) is 3.53. The molecule has 0 unspecified atom stereocenters. The molecule has 1 N–H and O–H groups in total. The summed E-state index contributed by atoms with van der Waals surface area (Å²) in [5.74, 6) is 0.918. The zero-order valence-corrected chi connectivity index (χ0v) is 28.6. The fourth-order valence-corrected chi connectivity index (χ4v) is 5.90. The van der Waals surface area contributed by atoms with Crippen LogP contribution in [-0.2, 0) is 24.9 Å². The first-order valence-electron chi connectivity index (χ1n) is 14.1. The second kappa shape index (κ2) is 13.3. The van der Waals surface area contributed by atoms with Crippen molar-refractivity contribution in [3.05, 3.63) is 95.4 Å². The summed E-state index contributed by atoms with van der Waals surface area (Å²) < 4.78 is 6.20. The van der Waals surface area contributed by atoms with E-state index in [4.69, 9.17) is 14.5 Å². The molecular formula is C36H35IrN2O3S-. The number of aryl methyl sites for hydroxylation is 1. The summed E-state index contributed by atoms with van der Waals surface area (Å²) in [6, 6.07) is 25.0. The SMILES string of the molecule is CC(=O)/C=C(/C)O.Cc1ccc2c(n1)oc1c(-c3ccc4cc(-c5cc(C(C)C)cc(C(C)C)c5)sc4n3)[c-]ccc12.[Ir]. The Morgan fingerprint density at radius 3 is 2.23 bits per heavy atom. The molecule has 0 saturated carbocycles. The summed E-state index contributed by atoms with van der Waals surface area (Å²) in [6.45, 7) is 13.9. The minimum absolute atomic E-state index is 0. The Bertz CT molecular complexity index is 1940. The Labute approximate surface area is 270 Å². The molecule has 0 aliphatic heterocycles. The quantitative estimate of drug-likeness (QED) is 0.107. The number of aliphatic hydroxyl groups excluding tert-OH is 1. The normalized spacial score (nSPS) is 11.7. The van der Waals surface area contributed by atoms with E-state index >= 15 is 0 Å². The molecule has 1 radical (unpaired) electrons. The van der Waals surface area contributed by atoms with E-state index in [1.165, 1.54) is 41.5 Å². The molecule has 5 nitrogen and oxygen atoms in total. The first-order chi connectivity index (χ1) is 20.0. The van der Waals surface area contributed by atoms with Gasteiger partial charge in [-0.25, -0.2) is 4.98 Å². The molecule has 43 heavy (non-hydrogen) atoms. The summed E-state index contributed by atoms with van der Waals surface area (Å²) in [5.41, 5.74) is 8.16. The van der Waals surface area contributed by atoms with E-state index in [1.807, 2.05) is 25.1 Å². The molecule has 6 rings (SSSR count). The van der Waals surface area contributed by atoms with Gasteiger partial charge in [0.1, 0.15) is 4.83 Å². The number of carbonyl (C=O) groups excluding carboxylic acids is 1. The number of hydrogen-bond acceptors (Lipinski definition) is 6. The third-order valence-corrected chi connectivity index (χ3v) is 8.18. The third kappa shape index (κ3) is 7.13. The van der Waals surface area contributed by atoms with Crippen LogP contribution in [0.25, 0.3) is 54.0 Å². The molecule has 0 bridgehead atoms. The van der Waals surface area contributed by atoms with Gasteiger partial charge < -0.3 is 9.52 Å². The van der Waals surface area contributed by atoms with Crippen LogP contribution in [-0.4, -0.2) is 20.9 Å². The van der Waals surface area contributed by atoms with Crippen LogP contribution in [0.1, 0.15) is 70.2 Å². The van der Waals surface area contributed by atoms with Crippen molar-refractivity contribution in [3.63, 3.8) is 0 Å². The van der Waals surface area contributed by atoms with Gasteiger partial charge in [0.2, 0.25) is 5.71 Å². The minimum Gasteiger partial charge on any atom is -0.512 e. The van der Waals surface area contributed by atoms with Gasteiger partial charge in [-0.1, -0.05) is 69.0 Å². The molecule has 2 aromatic carbocycles.